The van der Waals surface area contributed by atoms with Crippen molar-refractivity contribution >= 4 is 17.6 Å². The molecule has 0 fully saturated rings. The van der Waals surface area contributed by atoms with Gasteiger partial charge in [0.1, 0.15) is 6.04 Å². The van der Waals surface area contributed by atoms with E-state index in [-0.39, 0.29) is 23.3 Å². The molecule has 2 amide bonds. The highest BCUT2D eigenvalue weighted by molar-refractivity contribution is 5.97. The second-order valence-corrected chi connectivity index (χ2v) is 8.78. The molecule has 0 radical (unpaired) electrons. The van der Waals surface area contributed by atoms with Gasteiger partial charge in [-0.05, 0) is 30.0 Å². The van der Waals surface area contributed by atoms with E-state index < -0.39 is 6.04 Å². The third-order valence-corrected chi connectivity index (χ3v) is 6.15. The summed E-state index contributed by atoms with van der Waals surface area (Å²) in [5, 5.41) is 16.1. The molecule has 3 aromatic rings. The van der Waals surface area contributed by atoms with Gasteiger partial charge < -0.3 is 16.0 Å². The molecule has 0 saturated carbocycles. The summed E-state index contributed by atoms with van der Waals surface area (Å²) in [6, 6.07) is 19.0. The lowest BCUT2D eigenvalue weighted by Gasteiger charge is -2.26. The Balaban J connectivity index is 1.35. The average molecular weight is 432 g/mol. The van der Waals surface area contributed by atoms with Crippen LogP contribution in [0.5, 0.6) is 0 Å². The van der Waals surface area contributed by atoms with Crippen molar-refractivity contribution in [3.05, 3.63) is 83.0 Å². The van der Waals surface area contributed by atoms with Gasteiger partial charge in [0.05, 0.1) is 6.04 Å². The number of anilines is 1. The zero-order valence-electron chi connectivity index (χ0n) is 18.6. The van der Waals surface area contributed by atoms with Crippen LogP contribution in [0.25, 0.3) is 0 Å². The molecule has 2 heterocycles. The first-order valence-electron chi connectivity index (χ1n) is 10.9. The van der Waals surface area contributed by atoms with E-state index in [0.717, 1.165) is 16.8 Å². The van der Waals surface area contributed by atoms with Crippen LogP contribution >= 0.6 is 0 Å². The first-order chi connectivity index (χ1) is 15.3. The van der Waals surface area contributed by atoms with Crippen molar-refractivity contribution in [2.75, 3.05) is 5.32 Å². The SMILES string of the molecule is CC(NC(=O)C1Cc2ccccc2CN1)C(=O)Nc1cc(C(C)(C)c2ccccc2)[nH]n1. The van der Waals surface area contributed by atoms with Crippen LogP contribution in [0.3, 0.4) is 0 Å². The van der Waals surface area contributed by atoms with Crippen molar-refractivity contribution in [1.29, 1.82) is 0 Å². The van der Waals surface area contributed by atoms with Crippen LogP contribution in [0.2, 0.25) is 0 Å². The van der Waals surface area contributed by atoms with E-state index in [0.29, 0.717) is 18.8 Å². The minimum Gasteiger partial charge on any atom is -0.343 e. The number of carbonyl (C=O) groups excluding carboxylic acids is 2. The van der Waals surface area contributed by atoms with Crippen LogP contribution in [0, 0.1) is 0 Å². The molecule has 0 bridgehead atoms. The number of nitrogens with zero attached hydrogens (tertiary/aromatic N) is 1. The minimum atomic E-state index is -0.691. The maximum Gasteiger partial charge on any atom is 0.247 e. The molecule has 2 aromatic carbocycles. The Labute approximate surface area is 188 Å². The number of fused-ring (bicyclic) bond motifs is 1. The maximum absolute atomic E-state index is 12.7. The van der Waals surface area contributed by atoms with E-state index in [2.05, 4.69) is 58.2 Å². The minimum absolute atomic E-state index is 0.185. The van der Waals surface area contributed by atoms with Gasteiger partial charge in [-0.2, -0.15) is 5.10 Å². The van der Waals surface area contributed by atoms with Gasteiger partial charge in [-0.3, -0.25) is 14.7 Å². The quantitative estimate of drug-likeness (QED) is 0.482. The summed E-state index contributed by atoms with van der Waals surface area (Å²) in [5.41, 5.74) is 4.10. The number of aromatic nitrogens is 2. The van der Waals surface area contributed by atoms with Gasteiger partial charge in [-0.1, -0.05) is 68.4 Å². The van der Waals surface area contributed by atoms with E-state index in [9.17, 15) is 9.59 Å². The molecule has 166 valence electrons. The van der Waals surface area contributed by atoms with Crippen LogP contribution < -0.4 is 16.0 Å². The Morgan fingerprint density at radius 2 is 1.75 bits per heavy atom. The smallest absolute Gasteiger partial charge is 0.247 e. The molecule has 32 heavy (non-hydrogen) atoms. The number of nitrogens with one attached hydrogen (secondary N) is 4. The lowest BCUT2D eigenvalue weighted by Crippen LogP contribution is -2.52. The normalized spacial score (nSPS) is 16.7. The summed E-state index contributed by atoms with van der Waals surface area (Å²) in [4.78, 5) is 25.4. The molecule has 2 atom stereocenters. The van der Waals surface area contributed by atoms with E-state index in [1.807, 2.05) is 42.5 Å². The second kappa shape index (κ2) is 8.96. The largest absolute Gasteiger partial charge is 0.343 e. The molecular formula is C25H29N5O2. The Hall–Kier alpha value is -3.45. The van der Waals surface area contributed by atoms with Gasteiger partial charge in [0.25, 0.3) is 0 Å². The highest BCUT2D eigenvalue weighted by atomic mass is 16.2. The van der Waals surface area contributed by atoms with Crippen LogP contribution in [-0.4, -0.2) is 34.1 Å². The highest BCUT2D eigenvalue weighted by Crippen LogP contribution is 2.30. The first kappa shape index (κ1) is 21.8. The van der Waals surface area contributed by atoms with Gasteiger partial charge >= 0.3 is 0 Å². The Morgan fingerprint density at radius 3 is 2.50 bits per heavy atom. The fourth-order valence-corrected chi connectivity index (χ4v) is 3.97. The van der Waals surface area contributed by atoms with Crippen molar-refractivity contribution in [2.24, 2.45) is 0 Å². The molecule has 1 aliphatic heterocycles. The van der Waals surface area contributed by atoms with Crippen molar-refractivity contribution in [2.45, 2.75) is 51.2 Å². The highest BCUT2D eigenvalue weighted by Gasteiger charge is 2.28. The summed E-state index contributed by atoms with van der Waals surface area (Å²) in [5.74, 6) is -0.0694. The Morgan fingerprint density at radius 1 is 1.06 bits per heavy atom. The van der Waals surface area contributed by atoms with Crippen LogP contribution in [0.1, 0.15) is 43.2 Å². The number of aromatic amines is 1. The predicted molar refractivity (Wildman–Crippen MR) is 124 cm³/mol. The first-order valence-corrected chi connectivity index (χ1v) is 10.9. The lowest BCUT2D eigenvalue weighted by molar-refractivity contribution is -0.127. The Kier molecular flexibility index (Phi) is 6.10. The van der Waals surface area contributed by atoms with E-state index >= 15 is 0 Å². The van der Waals surface area contributed by atoms with Crippen molar-refractivity contribution < 1.29 is 9.59 Å². The molecule has 2 unspecified atom stereocenters. The van der Waals surface area contributed by atoms with E-state index in [4.69, 9.17) is 0 Å². The molecule has 7 nitrogen and oxygen atoms in total. The summed E-state index contributed by atoms with van der Waals surface area (Å²) < 4.78 is 0. The number of carbonyl (C=O) groups is 2. The van der Waals surface area contributed by atoms with Crippen LogP contribution in [0.4, 0.5) is 5.82 Å². The average Bonchev–Trinajstić information content (AvgIpc) is 3.28. The molecule has 4 rings (SSSR count). The molecular weight excluding hydrogens is 402 g/mol. The number of hydrogen-bond acceptors (Lipinski definition) is 4. The summed E-state index contributed by atoms with van der Waals surface area (Å²) >= 11 is 0. The topological polar surface area (TPSA) is 98.9 Å². The lowest BCUT2D eigenvalue weighted by atomic mass is 9.82. The van der Waals surface area contributed by atoms with Crippen molar-refractivity contribution in [3.63, 3.8) is 0 Å². The third-order valence-electron chi connectivity index (χ3n) is 6.15. The molecule has 1 aromatic heterocycles. The van der Waals surface area contributed by atoms with E-state index in [1.54, 1.807) is 6.92 Å². The molecule has 1 aliphatic rings. The van der Waals surface area contributed by atoms with Crippen LogP contribution in [-0.2, 0) is 28.0 Å². The van der Waals surface area contributed by atoms with Gasteiger partial charge in [0.15, 0.2) is 5.82 Å². The molecule has 0 saturated heterocycles. The number of amides is 2. The van der Waals surface area contributed by atoms with Gasteiger partial charge in [-0.25, -0.2) is 0 Å². The molecule has 4 N–H and O–H groups in total. The predicted octanol–water partition coefficient (Wildman–Crippen LogP) is 2.89. The van der Waals surface area contributed by atoms with Gasteiger partial charge in [-0.15, -0.1) is 0 Å². The van der Waals surface area contributed by atoms with E-state index in [1.165, 1.54) is 5.56 Å². The van der Waals surface area contributed by atoms with Gasteiger partial charge in [0.2, 0.25) is 11.8 Å². The Bertz CT molecular complexity index is 1110. The zero-order valence-corrected chi connectivity index (χ0v) is 18.6. The third kappa shape index (κ3) is 4.57. The number of rotatable bonds is 6. The van der Waals surface area contributed by atoms with Gasteiger partial charge in [0, 0.05) is 23.7 Å². The molecule has 0 spiro atoms. The van der Waals surface area contributed by atoms with Crippen molar-refractivity contribution in [1.82, 2.24) is 20.8 Å². The number of hydrogen-bond donors (Lipinski definition) is 4. The maximum atomic E-state index is 12.7. The monoisotopic (exact) mass is 431 g/mol. The number of H-pyrrole nitrogens is 1. The number of benzene rings is 2. The summed E-state index contributed by atoms with van der Waals surface area (Å²) in [7, 11) is 0. The molecule has 0 aliphatic carbocycles. The standard InChI is InChI=1S/C25H29N5O2/c1-16(27-24(32)20-13-17-9-7-8-10-18(17)15-26-20)23(31)28-22-14-21(29-30-22)25(2,3)19-11-5-4-6-12-19/h4-12,14,16,20,26H,13,15H2,1-3H3,(H,27,32)(H2,28,29,30,31). The second-order valence-electron chi connectivity index (χ2n) is 8.78. The zero-order chi connectivity index (χ0) is 22.7. The summed E-state index contributed by atoms with van der Waals surface area (Å²) in [6.45, 7) is 6.51. The fourth-order valence-electron chi connectivity index (χ4n) is 3.97. The molecule has 7 heteroatoms. The van der Waals surface area contributed by atoms with Crippen LogP contribution in [0.15, 0.2) is 60.7 Å². The fraction of sp³-hybridized carbons (Fsp3) is 0.320. The summed E-state index contributed by atoms with van der Waals surface area (Å²) in [6.07, 6.45) is 0.605. The van der Waals surface area contributed by atoms with Crippen molar-refractivity contribution in [3.8, 4) is 0 Å².